The maximum Gasteiger partial charge on any atom is 0.0543 e. The van der Waals surface area contributed by atoms with E-state index in [0.29, 0.717) is 0 Å². The quantitative estimate of drug-likeness (QED) is 0.749. The normalized spacial score (nSPS) is 35.6. The van der Waals surface area contributed by atoms with E-state index in [2.05, 4.69) is 5.32 Å². The summed E-state index contributed by atoms with van der Waals surface area (Å²) in [4.78, 5) is 0. The Balaban J connectivity index is 1.43. The van der Waals surface area contributed by atoms with Crippen molar-refractivity contribution in [3.63, 3.8) is 0 Å². The molecule has 0 bridgehead atoms. The summed E-state index contributed by atoms with van der Waals surface area (Å²) in [6.45, 7) is 1.16. The molecule has 0 heterocycles. The molecule has 0 saturated heterocycles. The fraction of sp³-hybridized carbons (Fsp3) is 1.00. The fourth-order valence-corrected chi connectivity index (χ4v) is 3.38. The Labute approximate surface area is 98.8 Å². The van der Waals surface area contributed by atoms with E-state index in [1.165, 1.54) is 38.5 Å². The van der Waals surface area contributed by atoms with Gasteiger partial charge in [0.1, 0.15) is 0 Å². The van der Waals surface area contributed by atoms with E-state index >= 15 is 0 Å². The van der Waals surface area contributed by atoms with E-state index in [4.69, 9.17) is 0 Å². The predicted molar refractivity (Wildman–Crippen MR) is 65.2 cm³/mol. The van der Waals surface area contributed by atoms with Gasteiger partial charge in [-0.3, -0.25) is 0 Å². The highest BCUT2D eigenvalue weighted by Crippen LogP contribution is 2.44. The summed E-state index contributed by atoms with van der Waals surface area (Å²) >= 11 is 0. The molecule has 2 heteroatoms. The lowest BCUT2D eigenvalue weighted by Gasteiger charge is -2.28. The number of aliphatic hydroxyl groups excluding tert-OH is 1. The monoisotopic (exact) mass is 223 g/mol. The molecule has 0 amide bonds. The number of hydrogen-bond acceptors (Lipinski definition) is 2. The smallest absolute Gasteiger partial charge is 0.0543 e. The second-order valence-electron chi connectivity index (χ2n) is 6.30. The average Bonchev–Trinajstić information content (AvgIpc) is 3.13. The van der Waals surface area contributed by atoms with Gasteiger partial charge in [-0.1, -0.05) is 6.42 Å². The van der Waals surface area contributed by atoms with Crippen LogP contribution in [-0.4, -0.2) is 23.8 Å². The van der Waals surface area contributed by atoms with Crippen molar-refractivity contribution in [1.29, 1.82) is 0 Å². The molecule has 0 aromatic heterocycles. The minimum atomic E-state index is -0.0131. The average molecular weight is 223 g/mol. The summed E-state index contributed by atoms with van der Waals surface area (Å²) in [5.41, 5.74) is 0. The molecule has 3 aliphatic rings. The van der Waals surface area contributed by atoms with Gasteiger partial charge in [0.05, 0.1) is 6.10 Å². The molecule has 0 radical (unpaired) electrons. The van der Waals surface area contributed by atoms with Gasteiger partial charge in [0.25, 0.3) is 0 Å². The first-order valence-electron chi connectivity index (χ1n) is 7.24. The second-order valence-corrected chi connectivity index (χ2v) is 6.30. The Morgan fingerprint density at radius 1 is 1.00 bits per heavy atom. The Morgan fingerprint density at radius 2 is 1.69 bits per heavy atom. The van der Waals surface area contributed by atoms with Gasteiger partial charge in [0, 0.05) is 6.04 Å². The summed E-state index contributed by atoms with van der Waals surface area (Å²) < 4.78 is 0. The SMILES string of the molecule is OC1CCCC(CNC(C2CC2)C2CC2)C1. The lowest BCUT2D eigenvalue weighted by Crippen LogP contribution is -2.38. The molecule has 3 saturated carbocycles. The molecule has 2 nitrogen and oxygen atoms in total. The van der Waals surface area contributed by atoms with E-state index in [1.807, 2.05) is 0 Å². The van der Waals surface area contributed by atoms with E-state index in [-0.39, 0.29) is 6.10 Å². The number of hydrogen-bond donors (Lipinski definition) is 2. The van der Waals surface area contributed by atoms with E-state index in [1.54, 1.807) is 0 Å². The zero-order chi connectivity index (χ0) is 11.0. The summed E-state index contributed by atoms with van der Waals surface area (Å²) in [5.74, 6) is 2.74. The molecule has 2 unspecified atom stereocenters. The third kappa shape index (κ3) is 2.78. The summed E-state index contributed by atoms with van der Waals surface area (Å²) in [5, 5.41) is 13.5. The molecule has 92 valence electrons. The van der Waals surface area contributed by atoms with Gasteiger partial charge in [-0.2, -0.15) is 0 Å². The molecule has 0 aromatic rings. The van der Waals surface area contributed by atoms with Crippen LogP contribution < -0.4 is 5.32 Å². The van der Waals surface area contributed by atoms with Crippen LogP contribution in [0.1, 0.15) is 51.4 Å². The van der Waals surface area contributed by atoms with Crippen molar-refractivity contribution in [3.05, 3.63) is 0 Å². The summed E-state index contributed by atoms with van der Waals surface area (Å²) in [6.07, 6.45) is 10.4. The van der Waals surface area contributed by atoms with Crippen LogP contribution in [0.25, 0.3) is 0 Å². The van der Waals surface area contributed by atoms with Crippen LogP contribution in [0, 0.1) is 17.8 Å². The van der Waals surface area contributed by atoms with Crippen molar-refractivity contribution in [2.75, 3.05) is 6.54 Å². The Kier molecular flexibility index (Phi) is 3.21. The molecule has 2 atom stereocenters. The predicted octanol–water partition coefficient (Wildman–Crippen LogP) is 2.32. The molecule has 0 aliphatic heterocycles. The highest BCUT2D eigenvalue weighted by atomic mass is 16.3. The molecule has 2 N–H and O–H groups in total. The third-order valence-electron chi connectivity index (χ3n) is 4.66. The highest BCUT2D eigenvalue weighted by Gasteiger charge is 2.41. The Bertz CT molecular complexity index is 223. The van der Waals surface area contributed by atoms with E-state index < -0.39 is 0 Å². The van der Waals surface area contributed by atoms with Crippen LogP contribution in [0.3, 0.4) is 0 Å². The summed E-state index contributed by atoms with van der Waals surface area (Å²) in [6, 6.07) is 0.832. The van der Waals surface area contributed by atoms with Crippen LogP contribution in [-0.2, 0) is 0 Å². The largest absolute Gasteiger partial charge is 0.393 e. The standard InChI is InChI=1S/C14H25NO/c16-13-3-1-2-10(8-13)9-15-14(11-4-5-11)12-6-7-12/h10-16H,1-9H2. The lowest BCUT2D eigenvalue weighted by atomic mass is 9.87. The maximum absolute atomic E-state index is 9.66. The van der Waals surface area contributed by atoms with Crippen LogP contribution in [0.4, 0.5) is 0 Å². The number of rotatable bonds is 5. The first-order chi connectivity index (χ1) is 7.83. The molecular weight excluding hydrogens is 198 g/mol. The Morgan fingerprint density at radius 3 is 2.25 bits per heavy atom. The lowest BCUT2D eigenvalue weighted by molar-refractivity contribution is 0.0989. The first-order valence-corrected chi connectivity index (χ1v) is 7.24. The van der Waals surface area contributed by atoms with Crippen LogP contribution in [0.2, 0.25) is 0 Å². The molecule has 3 rings (SSSR count). The van der Waals surface area contributed by atoms with Crippen molar-refractivity contribution in [3.8, 4) is 0 Å². The van der Waals surface area contributed by atoms with Gasteiger partial charge in [-0.05, 0) is 69.2 Å². The van der Waals surface area contributed by atoms with Crippen molar-refractivity contribution in [2.45, 2.75) is 63.5 Å². The van der Waals surface area contributed by atoms with Crippen molar-refractivity contribution in [2.24, 2.45) is 17.8 Å². The molecule has 0 spiro atoms. The Hall–Kier alpha value is -0.0800. The van der Waals surface area contributed by atoms with Gasteiger partial charge in [-0.15, -0.1) is 0 Å². The van der Waals surface area contributed by atoms with Crippen LogP contribution in [0.15, 0.2) is 0 Å². The van der Waals surface area contributed by atoms with Gasteiger partial charge >= 0.3 is 0 Å². The van der Waals surface area contributed by atoms with Crippen LogP contribution >= 0.6 is 0 Å². The molecule has 3 aliphatic carbocycles. The van der Waals surface area contributed by atoms with Crippen molar-refractivity contribution < 1.29 is 5.11 Å². The van der Waals surface area contributed by atoms with Gasteiger partial charge in [-0.25, -0.2) is 0 Å². The van der Waals surface area contributed by atoms with Crippen molar-refractivity contribution >= 4 is 0 Å². The summed E-state index contributed by atoms with van der Waals surface area (Å²) in [7, 11) is 0. The fourth-order valence-electron chi connectivity index (χ4n) is 3.38. The third-order valence-corrected chi connectivity index (χ3v) is 4.66. The first kappa shape index (κ1) is 11.0. The minimum absolute atomic E-state index is 0.0131. The zero-order valence-corrected chi connectivity index (χ0v) is 10.2. The number of aliphatic hydroxyl groups is 1. The minimum Gasteiger partial charge on any atom is -0.393 e. The molecule has 16 heavy (non-hydrogen) atoms. The molecular formula is C14H25NO. The second kappa shape index (κ2) is 4.66. The highest BCUT2D eigenvalue weighted by molar-refractivity contribution is 4.96. The van der Waals surface area contributed by atoms with Gasteiger partial charge < -0.3 is 10.4 Å². The van der Waals surface area contributed by atoms with E-state index in [9.17, 15) is 5.11 Å². The molecule has 3 fully saturated rings. The topological polar surface area (TPSA) is 32.3 Å². The van der Waals surface area contributed by atoms with Gasteiger partial charge in [0.2, 0.25) is 0 Å². The maximum atomic E-state index is 9.66. The van der Waals surface area contributed by atoms with E-state index in [0.717, 1.165) is 43.2 Å². The van der Waals surface area contributed by atoms with Crippen LogP contribution in [0.5, 0.6) is 0 Å². The van der Waals surface area contributed by atoms with Crippen molar-refractivity contribution in [1.82, 2.24) is 5.32 Å². The van der Waals surface area contributed by atoms with Gasteiger partial charge in [0.15, 0.2) is 0 Å². The molecule has 0 aromatic carbocycles. The zero-order valence-electron chi connectivity index (χ0n) is 10.2. The number of nitrogens with one attached hydrogen (secondary N) is 1.